The van der Waals surface area contributed by atoms with E-state index in [1.807, 2.05) is 19.1 Å². The van der Waals surface area contributed by atoms with Gasteiger partial charge in [0.15, 0.2) is 0 Å². The van der Waals surface area contributed by atoms with Gasteiger partial charge in [0, 0.05) is 21.1 Å². The smallest absolute Gasteiger partial charge is 0.253 e. The lowest BCUT2D eigenvalue weighted by Crippen LogP contribution is -1.89. The minimum absolute atomic E-state index is 0.429. The molecule has 0 unspecified atom stereocenters. The molecule has 0 aliphatic heterocycles. The van der Waals surface area contributed by atoms with Gasteiger partial charge in [-0.15, -0.1) is 0 Å². The van der Waals surface area contributed by atoms with Gasteiger partial charge in [-0.2, -0.15) is 0 Å². The minimum Gasteiger partial charge on any atom is -0.358 e. The van der Waals surface area contributed by atoms with Crippen LogP contribution in [0.2, 0.25) is 0 Å². The average molecular weight is 273 g/mol. The first kappa shape index (κ1) is 9.74. The Kier molecular flexibility index (Phi) is 2.37. The first-order valence-electron chi connectivity index (χ1n) is 4.07. The van der Waals surface area contributed by atoms with Crippen LogP contribution in [-0.4, -0.2) is 10.2 Å². The zero-order valence-corrected chi connectivity index (χ0v) is 9.74. The van der Waals surface area contributed by atoms with E-state index < -0.39 is 5.24 Å². The molecule has 2 aromatic rings. The van der Waals surface area contributed by atoms with Crippen molar-refractivity contribution in [3.8, 4) is 0 Å². The van der Waals surface area contributed by atoms with Crippen molar-refractivity contribution in [3.05, 3.63) is 33.9 Å². The van der Waals surface area contributed by atoms with Gasteiger partial charge in [-0.1, -0.05) is 0 Å². The largest absolute Gasteiger partial charge is 0.358 e. The van der Waals surface area contributed by atoms with Crippen molar-refractivity contribution < 1.29 is 4.79 Å². The first-order chi connectivity index (χ1) is 6.59. The van der Waals surface area contributed by atoms with Crippen LogP contribution in [0.4, 0.5) is 0 Å². The van der Waals surface area contributed by atoms with Gasteiger partial charge in [0.05, 0.1) is 5.52 Å². The third-order valence-corrected chi connectivity index (χ3v) is 2.95. The van der Waals surface area contributed by atoms with Gasteiger partial charge in [-0.25, -0.2) is 0 Å². The summed E-state index contributed by atoms with van der Waals surface area (Å²) >= 11 is 8.88. The molecule has 14 heavy (non-hydrogen) atoms. The van der Waals surface area contributed by atoms with E-state index in [-0.39, 0.29) is 0 Å². The molecular formula is C10H7BrClNO. The van der Waals surface area contributed by atoms with Crippen LogP contribution in [-0.2, 0) is 0 Å². The minimum atomic E-state index is -0.429. The van der Waals surface area contributed by atoms with E-state index in [1.54, 1.807) is 6.07 Å². The molecule has 1 aromatic carbocycles. The van der Waals surface area contributed by atoms with Crippen molar-refractivity contribution in [2.75, 3.05) is 0 Å². The maximum atomic E-state index is 11.1. The third-order valence-electron chi connectivity index (χ3n) is 2.09. The second kappa shape index (κ2) is 3.41. The number of benzene rings is 1. The lowest BCUT2D eigenvalue weighted by molar-refractivity contribution is 0.108. The Labute approximate surface area is 94.4 Å². The van der Waals surface area contributed by atoms with Gasteiger partial charge < -0.3 is 4.98 Å². The second-order valence-corrected chi connectivity index (χ2v) is 4.31. The van der Waals surface area contributed by atoms with Crippen LogP contribution in [0.15, 0.2) is 22.7 Å². The third kappa shape index (κ3) is 1.47. The van der Waals surface area contributed by atoms with Gasteiger partial charge in [0.1, 0.15) is 0 Å². The fraction of sp³-hybridized carbons (Fsp3) is 0.100. The van der Waals surface area contributed by atoms with Crippen molar-refractivity contribution in [2.24, 2.45) is 0 Å². The van der Waals surface area contributed by atoms with Crippen LogP contribution in [0.3, 0.4) is 0 Å². The summed E-state index contributed by atoms with van der Waals surface area (Å²) in [6.07, 6.45) is 0. The average Bonchev–Trinajstić information content (AvgIpc) is 2.47. The van der Waals surface area contributed by atoms with E-state index in [2.05, 4.69) is 20.9 Å². The molecular weight excluding hydrogens is 265 g/mol. The van der Waals surface area contributed by atoms with E-state index in [9.17, 15) is 4.79 Å². The highest BCUT2D eigenvalue weighted by Crippen LogP contribution is 2.28. The summed E-state index contributed by atoms with van der Waals surface area (Å²) < 4.78 is 0.933. The lowest BCUT2D eigenvalue weighted by atomic mass is 10.1. The van der Waals surface area contributed by atoms with Crippen molar-refractivity contribution in [3.63, 3.8) is 0 Å². The van der Waals surface area contributed by atoms with Crippen molar-refractivity contribution in [1.82, 2.24) is 4.98 Å². The molecule has 2 nitrogen and oxygen atoms in total. The number of aromatic amines is 1. The Bertz CT molecular complexity index is 518. The van der Waals surface area contributed by atoms with Gasteiger partial charge in [0.25, 0.3) is 5.24 Å². The summed E-state index contributed by atoms with van der Waals surface area (Å²) in [5, 5.41) is 0.429. The van der Waals surface area contributed by atoms with Crippen LogP contribution in [0.5, 0.6) is 0 Å². The van der Waals surface area contributed by atoms with E-state index in [0.29, 0.717) is 5.56 Å². The summed E-state index contributed by atoms with van der Waals surface area (Å²) in [5.74, 6) is 0. The number of hydrogen-bond donors (Lipinski definition) is 1. The number of hydrogen-bond acceptors (Lipinski definition) is 1. The second-order valence-electron chi connectivity index (χ2n) is 3.11. The zero-order chi connectivity index (χ0) is 10.3. The van der Waals surface area contributed by atoms with Gasteiger partial charge in [-0.05, 0) is 52.7 Å². The standard InChI is InChI=1S/C10H7BrClNO/c1-5-4-7-6(10(12)14)2-3-8(11)9(7)13-5/h2-4,13H,1H3. The lowest BCUT2D eigenvalue weighted by Gasteiger charge is -1.98. The Morgan fingerprint density at radius 3 is 2.86 bits per heavy atom. The number of H-pyrrole nitrogens is 1. The number of aromatic nitrogens is 1. The predicted molar refractivity (Wildman–Crippen MR) is 60.9 cm³/mol. The number of halogens is 2. The highest BCUT2D eigenvalue weighted by Gasteiger charge is 2.11. The van der Waals surface area contributed by atoms with Gasteiger partial charge in [-0.3, -0.25) is 4.79 Å². The molecule has 0 saturated carbocycles. The number of rotatable bonds is 1. The quantitative estimate of drug-likeness (QED) is 0.790. The molecule has 0 aliphatic rings. The Morgan fingerprint density at radius 1 is 1.50 bits per heavy atom. The van der Waals surface area contributed by atoms with Crippen LogP contribution in [0.1, 0.15) is 16.1 Å². The Balaban J connectivity index is 2.87. The fourth-order valence-electron chi connectivity index (χ4n) is 1.49. The molecule has 2 rings (SSSR count). The van der Waals surface area contributed by atoms with Gasteiger partial charge >= 0.3 is 0 Å². The number of carbonyl (C=O) groups excluding carboxylic acids is 1. The van der Waals surface area contributed by atoms with Crippen LogP contribution in [0.25, 0.3) is 10.9 Å². The summed E-state index contributed by atoms with van der Waals surface area (Å²) in [6, 6.07) is 5.44. The maximum Gasteiger partial charge on any atom is 0.253 e. The van der Waals surface area contributed by atoms with Crippen molar-refractivity contribution >= 4 is 43.7 Å². The molecule has 0 saturated heterocycles. The molecule has 0 bridgehead atoms. The molecule has 0 amide bonds. The number of fused-ring (bicyclic) bond motifs is 1. The van der Waals surface area contributed by atoms with E-state index in [1.165, 1.54) is 0 Å². The monoisotopic (exact) mass is 271 g/mol. The highest BCUT2D eigenvalue weighted by molar-refractivity contribution is 9.10. The predicted octanol–water partition coefficient (Wildman–Crippen LogP) is 3.62. The summed E-state index contributed by atoms with van der Waals surface area (Å²) in [6.45, 7) is 1.94. The number of carbonyl (C=O) groups is 1. The van der Waals surface area contributed by atoms with Crippen LogP contribution in [0, 0.1) is 6.92 Å². The van der Waals surface area contributed by atoms with E-state index >= 15 is 0 Å². The topological polar surface area (TPSA) is 32.9 Å². The fourth-order valence-corrected chi connectivity index (χ4v) is 2.10. The van der Waals surface area contributed by atoms with Crippen LogP contribution < -0.4 is 0 Å². The van der Waals surface area contributed by atoms with Crippen molar-refractivity contribution in [2.45, 2.75) is 6.92 Å². The van der Waals surface area contributed by atoms with Crippen LogP contribution >= 0.6 is 27.5 Å². The Hall–Kier alpha value is -0.800. The molecule has 0 radical (unpaired) electrons. The molecule has 72 valence electrons. The zero-order valence-electron chi connectivity index (χ0n) is 7.40. The molecule has 1 N–H and O–H groups in total. The maximum absolute atomic E-state index is 11.1. The summed E-state index contributed by atoms with van der Waals surface area (Å²) in [5.41, 5.74) is 2.45. The summed E-state index contributed by atoms with van der Waals surface area (Å²) in [7, 11) is 0. The molecule has 1 heterocycles. The van der Waals surface area contributed by atoms with E-state index in [4.69, 9.17) is 11.6 Å². The normalized spacial score (nSPS) is 10.8. The molecule has 0 fully saturated rings. The number of nitrogens with one attached hydrogen (secondary N) is 1. The SMILES string of the molecule is Cc1cc2c(C(=O)Cl)ccc(Br)c2[nH]1. The highest BCUT2D eigenvalue weighted by atomic mass is 79.9. The van der Waals surface area contributed by atoms with Crippen molar-refractivity contribution in [1.29, 1.82) is 0 Å². The first-order valence-corrected chi connectivity index (χ1v) is 5.24. The molecule has 0 atom stereocenters. The molecule has 0 spiro atoms. The van der Waals surface area contributed by atoms with Gasteiger partial charge in [0.2, 0.25) is 0 Å². The Morgan fingerprint density at radius 2 is 2.21 bits per heavy atom. The molecule has 0 aliphatic carbocycles. The van der Waals surface area contributed by atoms with E-state index in [0.717, 1.165) is 21.1 Å². The number of aryl methyl sites for hydroxylation is 1. The molecule has 1 aromatic heterocycles. The summed E-state index contributed by atoms with van der Waals surface area (Å²) in [4.78, 5) is 14.3. The molecule has 4 heteroatoms.